The highest BCUT2D eigenvalue weighted by Gasteiger charge is 2.32. The molecule has 1 atom stereocenters. The lowest BCUT2D eigenvalue weighted by Gasteiger charge is -2.34. The van der Waals surface area contributed by atoms with Crippen LogP contribution in [-0.2, 0) is 16.0 Å². The van der Waals surface area contributed by atoms with Crippen molar-refractivity contribution in [3.63, 3.8) is 0 Å². The summed E-state index contributed by atoms with van der Waals surface area (Å²) in [6.07, 6.45) is 5.22. The summed E-state index contributed by atoms with van der Waals surface area (Å²) in [6, 6.07) is 13.0. The molecule has 1 unspecified atom stereocenters. The highest BCUT2D eigenvalue weighted by molar-refractivity contribution is 5.79. The number of aromatic nitrogens is 1. The molecule has 1 amide bonds. The van der Waals surface area contributed by atoms with Gasteiger partial charge in [-0.2, -0.15) is 0 Å². The summed E-state index contributed by atoms with van der Waals surface area (Å²) in [5.74, 6) is 0.541. The Bertz CT molecular complexity index is 825. The molecular formula is C24H30N2O2. The molecule has 4 heteroatoms. The number of rotatable bonds is 4. The van der Waals surface area contributed by atoms with E-state index >= 15 is 0 Å². The Labute approximate surface area is 167 Å². The summed E-state index contributed by atoms with van der Waals surface area (Å²) >= 11 is 0. The SMILES string of the molecule is Cc1ccc(Cc2cc(C)nc(C3CN(C(=O)C4CCCC4)CCO3)c2)cc1. The van der Waals surface area contributed by atoms with E-state index in [2.05, 4.69) is 43.3 Å². The van der Waals surface area contributed by atoms with E-state index in [1.165, 1.54) is 29.5 Å². The third-order valence-corrected chi connectivity index (χ3v) is 5.97. The van der Waals surface area contributed by atoms with Gasteiger partial charge in [-0.15, -0.1) is 0 Å². The zero-order valence-electron chi connectivity index (χ0n) is 17.0. The Morgan fingerprint density at radius 3 is 2.61 bits per heavy atom. The lowest BCUT2D eigenvalue weighted by atomic mass is 10.0. The summed E-state index contributed by atoms with van der Waals surface area (Å²) in [5.41, 5.74) is 5.77. The average molecular weight is 379 g/mol. The molecule has 4 rings (SSSR count). The number of amides is 1. The van der Waals surface area contributed by atoms with Crippen molar-refractivity contribution in [1.29, 1.82) is 0 Å². The molecule has 2 heterocycles. The van der Waals surface area contributed by atoms with Crippen LogP contribution in [0, 0.1) is 19.8 Å². The topological polar surface area (TPSA) is 42.4 Å². The van der Waals surface area contributed by atoms with Gasteiger partial charge < -0.3 is 9.64 Å². The summed E-state index contributed by atoms with van der Waals surface area (Å²) < 4.78 is 6.03. The molecule has 2 fully saturated rings. The maximum atomic E-state index is 12.8. The van der Waals surface area contributed by atoms with Crippen LogP contribution < -0.4 is 0 Å². The summed E-state index contributed by atoms with van der Waals surface area (Å²) in [7, 11) is 0. The largest absolute Gasteiger partial charge is 0.368 e. The van der Waals surface area contributed by atoms with Crippen LogP contribution in [0.3, 0.4) is 0 Å². The van der Waals surface area contributed by atoms with Crippen molar-refractivity contribution in [2.24, 2.45) is 5.92 Å². The van der Waals surface area contributed by atoms with Crippen LogP contribution in [0.5, 0.6) is 0 Å². The first kappa shape index (κ1) is 19.1. The second kappa shape index (κ2) is 8.44. The van der Waals surface area contributed by atoms with Crippen LogP contribution in [0.1, 0.15) is 59.9 Å². The number of carbonyl (C=O) groups excluding carboxylic acids is 1. The Hall–Kier alpha value is -2.20. The van der Waals surface area contributed by atoms with Gasteiger partial charge in [0.15, 0.2) is 0 Å². The molecule has 1 saturated heterocycles. The Morgan fingerprint density at radius 2 is 1.86 bits per heavy atom. The number of ether oxygens (including phenoxy) is 1. The lowest BCUT2D eigenvalue weighted by molar-refractivity contribution is -0.143. The number of carbonyl (C=O) groups is 1. The molecule has 1 aromatic carbocycles. The number of aryl methyl sites for hydroxylation is 2. The maximum Gasteiger partial charge on any atom is 0.225 e. The quantitative estimate of drug-likeness (QED) is 0.793. The fourth-order valence-electron chi connectivity index (χ4n) is 4.44. The van der Waals surface area contributed by atoms with Crippen molar-refractivity contribution in [2.45, 2.75) is 52.1 Å². The van der Waals surface area contributed by atoms with Gasteiger partial charge in [-0.25, -0.2) is 0 Å². The van der Waals surface area contributed by atoms with Crippen molar-refractivity contribution in [1.82, 2.24) is 9.88 Å². The number of hydrogen-bond acceptors (Lipinski definition) is 3. The Balaban J connectivity index is 1.49. The van der Waals surface area contributed by atoms with Gasteiger partial charge >= 0.3 is 0 Å². The molecule has 1 aliphatic carbocycles. The minimum atomic E-state index is -0.129. The van der Waals surface area contributed by atoms with Crippen LogP contribution in [0.15, 0.2) is 36.4 Å². The van der Waals surface area contributed by atoms with E-state index in [4.69, 9.17) is 9.72 Å². The fourth-order valence-corrected chi connectivity index (χ4v) is 4.44. The molecule has 0 radical (unpaired) electrons. The first-order valence-corrected chi connectivity index (χ1v) is 10.5. The zero-order valence-corrected chi connectivity index (χ0v) is 17.0. The second-order valence-corrected chi connectivity index (χ2v) is 8.33. The molecule has 28 heavy (non-hydrogen) atoms. The van der Waals surface area contributed by atoms with Gasteiger partial charge in [0.2, 0.25) is 5.91 Å². The number of pyridine rings is 1. The van der Waals surface area contributed by atoms with Crippen molar-refractivity contribution < 1.29 is 9.53 Å². The Kier molecular flexibility index (Phi) is 5.77. The summed E-state index contributed by atoms with van der Waals surface area (Å²) in [5, 5.41) is 0. The zero-order chi connectivity index (χ0) is 19.5. The lowest BCUT2D eigenvalue weighted by Crippen LogP contribution is -2.44. The van der Waals surface area contributed by atoms with Gasteiger partial charge in [0.1, 0.15) is 6.10 Å². The molecule has 148 valence electrons. The second-order valence-electron chi connectivity index (χ2n) is 8.33. The van der Waals surface area contributed by atoms with Gasteiger partial charge in [0.05, 0.1) is 18.8 Å². The van der Waals surface area contributed by atoms with Crippen molar-refractivity contribution in [3.05, 3.63) is 64.5 Å². The predicted octanol–water partition coefficient (Wildman–Crippen LogP) is 4.38. The highest BCUT2D eigenvalue weighted by Crippen LogP contribution is 2.29. The van der Waals surface area contributed by atoms with Crippen LogP contribution in [0.4, 0.5) is 0 Å². The monoisotopic (exact) mass is 378 g/mol. The van der Waals surface area contributed by atoms with Gasteiger partial charge in [0.25, 0.3) is 0 Å². The fraction of sp³-hybridized carbons (Fsp3) is 0.500. The van der Waals surface area contributed by atoms with Crippen LogP contribution >= 0.6 is 0 Å². The third kappa shape index (κ3) is 4.44. The van der Waals surface area contributed by atoms with E-state index in [1.54, 1.807) is 0 Å². The minimum absolute atomic E-state index is 0.129. The number of nitrogens with zero attached hydrogens (tertiary/aromatic N) is 2. The third-order valence-electron chi connectivity index (χ3n) is 5.97. The highest BCUT2D eigenvalue weighted by atomic mass is 16.5. The van der Waals surface area contributed by atoms with Crippen LogP contribution in [0.25, 0.3) is 0 Å². The van der Waals surface area contributed by atoms with E-state index in [-0.39, 0.29) is 12.0 Å². The molecule has 4 nitrogen and oxygen atoms in total. The molecule has 2 aliphatic rings. The minimum Gasteiger partial charge on any atom is -0.368 e. The van der Waals surface area contributed by atoms with Gasteiger partial charge in [-0.05, 0) is 56.4 Å². The maximum absolute atomic E-state index is 12.8. The van der Waals surface area contributed by atoms with E-state index in [0.29, 0.717) is 25.6 Å². The molecule has 1 aliphatic heterocycles. The normalized spacial score (nSPS) is 20.5. The van der Waals surface area contributed by atoms with Crippen molar-refractivity contribution in [3.8, 4) is 0 Å². The van der Waals surface area contributed by atoms with Gasteiger partial charge in [0, 0.05) is 18.2 Å². The number of hydrogen-bond donors (Lipinski definition) is 0. The average Bonchev–Trinajstić information content (AvgIpc) is 3.24. The number of benzene rings is 1. The van der Waals surface area contributed by atoms with E-state index in [1.807, 2.05) is 11.8 Å². The first-order chi connectivity index (χ1) is 13.6. The molecule has 1 saturated carbocycles. The van der Waals surface area contributed by atoms with Crippen molar-refractivity contribution in [2.75, 3.05) is 19.7 Å². The van der Waals surface area contributed by atoms with Crippen molar-refractivity contribution >= 4 is 5.91 Å². The molecule has 0 spiro atoms. The standard InChI is InChI=1S/C24H30N2O2/c1-17-7-9-19(10-8-17)14-20-13-18(2)25-22(15-20)23-16-26(11-12-28-23)24(27)21-5-3-4-6-21/h7-10,13,15,21,23H,3-6,11-12,14,16H2,1-2H3. The number of morpholine rings is 1. The molecule has 2 aromatic rings. The predicted molar refractivity (Wildman–Crippen MR) is 110 cm³/mol. The molecular weight excluding hydrogens is 348 g/mol. The first-order valence-electron chi connectivity index (χ1n) is 10.5. The summed E-state index contributed by atoms with van der Waals surface area (Å²) in [4.78, 5) is 19.6. The molecule has 0 bridgehead atoms. The molecule has 0 N–H and O–H groups in total. The van der Waals surface area contributed by atoms with E-state index < -0.39 is 0 Å². The smallest absolute Gasteiger partial charge is 0.225 e. The van der Waals surface area contributed by atoms with Crippen LogP contribution in [-0.4, -0.2) is 35.5 Å². The van der Waals surface area contributed by atoms with Gasteiger partial charge in [-0.3, -0.25) is 9.78 Å². The molecule has 1 aromatic heterocycles. The van der Waals surface area contributed by atoms with E-state index in [9.17, 15) is 4.79 Å². The summed E-state index contributed by atoms with van der Waals surface area (Å²) in [6.45, 7) is 6.06. The van der Waals surface area contributed by atoms with Crippen LogP contribution in [0.2, 0.25) is 0 Å². The van der Waals surface area contributed by atoms with Gasteiger partial charge in [-0.1, -0.05) is 42.7 Å². The van der Waals surface area contributed by atoms with E-state index in [0.717, 1.165) is 30.7 Å². The Morgan fingerprint density at radius 1 is 1.11 bits per heavy atom.